The number of aromatic carboxylic acids is 1. The first-order valence-corrected chi connectivity index (χ1v) is 5.87. The summed E-state index contributed by atoms with van der Waals surface area (Å²) in [4.78, 5) is 26.9. The van der Waals surface area contributed by atoms with E-state index in [1.54, 1.807) is 24.5 Å². The predicted molar refractivity (Wildman–Crippen MR) is 72.7 cm³/mol. The molecule has 0 atom stereocenters. The van der Waals surface area contributed by atoms with Gasteiger partial charge in [-0.1, -0.05) is 0 Å². The van der Waals surface area contributed by atoms with Gasteiger partial charge in [-0.15, -0.1) is 0 Å². The molecule has 5 nitrogen and oxygen atoms in total. The maximum Gasteiger partial charge on any atom is 0.335 e. The van der Waals surface area contributed by atoms with E-state index in [1.165, 1.54) is 24.3 Å². The van der Waals surface area contributed by atoms with E-state index in [-0.39, 0.29) is 16.4 Å². The van der Waals surface area contributed by atoms with Gasteiger partial charge in [0.2, 0.25) is 0 Å². The highest BCUT2D eigenvalue weighted by Gasteiger charge is 2.10. The van der Waals surface area contributed by atoms with Crippen molar-refractivity contribution in [3.05, 3.63) is 64.6 Å². The fraction of sp³-hybridized carbons (Fsp3) is 0. The van der Waals surface area contributed by atoms with Crippen LogP contribution in [-0.2, 0) is 0 Å². The second-order valence-corrected chi connectivity index (χ2v) is 4.23. The van der Waals surface area contributed by atoms with Gasteiger partial charge in [0, 0.05) is 24.0 Å². The Morgan fingerprint density at radius 1 is 1.20 bits per heavy atom. The summed E-state index contributed by atoms with van der Waals surface area (Å²) in [6, 6.07) is 9.07. The van der Waals surface area contributed by atoms with Gasteiger partial charge >= 0.3 is 5.97 Å². The molecular weight excluding hydrogens is 258 g/mol. The van der Waals surface area contributed by atoms with Gasteiger partial charge in [-0.25, -0.2) is 4.79 Å². The van der Waals surface area contributed by atoms with Crippen LogP contribution in [0.4, 0.5) is 0 Å². The lowest BCUT2D eigenvalue weighted by Crippen LogP contribution is -2.03. The molecule has 0 amide bonds. The van der Waals surface area contributed by atoms with E-state index in [1.807, 2.05) is 0 Å². The molecule has 0 radical (unpaired) electrons. The van der Waals surface area contributed by atoms with Crippen molar-refractivity contribution in [2.24, 2.45) is 0 Å². The number of carbonyl (C=O) groups is 1. The standard InChI is InChI=1S/C15H9NO4/c17-12-7-14(10-2-1-5-16-8-10)20-13-4-3-9(15(18)19)6-11(12)13/h1-8H,(H,18,19). The largest absolute Gasteiger partial charge is 0.478 e. The molecule has 1 N–H and O–H groups in total. The minimum absolute atomic E-state index is 0.0546. The second kappa shape index (κ2) is 4.62. The number of pyridine rings is 1. The maximum atomic E-state index is 12.1. The highest BCUT2D eigenvalue weighted by molar-refractivity contribution is 5.93. The van der Waals surface area contributed by atoms with Gasteiger partial charge in [0.05, 0.1) is 10.9 Å². The van der Waals surface area contributed by atoms with Crippen LogP contribution < -0.4 is 5.43 Å². The Morgan fingerprint density at radius 2 is 2.05 bits per heavy atom. The van der Waals surface area contributed by atoms with Gasteiger partial charge in [-0.3, -0.25) is 9.78 Å². The van der Waals surface area contributed by atoms with E-state index in [2.05, 4.69) is 4.98 Å². The maximum absolute atomic E-state index is 12.1. The van der Waals surface area contributed by atoms with E-state index < -0.39 is 5.97 Å². The molecule has 0 bridgehead atoms. The molecule has 20 heavy (non-hydrogen) atoms. The Labute approximate surface area is 113 Å². The van der Waals surface area contributed by atoms with Crippen LogP contribution in [0.15, 0.2) is 58.0 Å². The van der Waals surface area contributed by atoms with E-state index in [0.717, 1.165) is 0 Å². The molecule has 1 aromatic carbocycles. The number of hydrogen-bond acceptors (Lipinski definition) is 4. The molecular formula is C15H9NO4. The molecule has 5 heteroatoms. The minimum Gasteiger partial charge on any atom is -0.478 e. The zero-order chi connectivity index (χ0) is 14.1. The molecule has 98 valence electrons. The van der Waals surface area contributed by atoms with Crippen molar-refractivity contribution in [3.63, 3.8) is 0 Å². The van der Waals surface area contributed by atoms with Gasteiger partial charge in [0.1, 0.15) is 11.3 Å². The first-order chi connectivity index (χ1) is 9.65. The lowest BCUT2D eigenvalue weighted by atomic mass is 10.1. The van der Waals surface area contributed by atoms with Crippen molar-refractivity contribution < 1.29 is 14.3 Å². The van der Waals surface area contributed by atoms with Crippen LogP contribution in [0.25, 0.3) is 22.3 Å². The van der Waals surface area contributed by atoms with Gasteiger partial charge < -0.3 is 9.52 Å². The van der Waals surface area contributed by atoms with Crippen LogP contribution in [0.3, 0.4) is 0 Å². The summed E-state index contributed by atoms with van der Waals surface area (Å²) in [5.74, 6) is -0.679. The van der Waals surface area contributed by atoms with Crippen molar-refractivity contribution in [1.29, 1.82) is 0 Å². The average Bonchev–Trinajstić information content (AvgIpc) is 2.47. The molecule has 0 fully saturated rings. The van der Waals surface area contributed by atoms with E-state index in [0.29, 0.717) is 16.9 Å². The highest BCUT2D eigenvalue weighted by Crippen LogP contribution is 2.21. The smallest absolute Gasteiger partial charge is 0.335 e. The Bertz CT molecular complexity index is 853. The van der Waals surface area contributed by atoms with Crippen LogP contribution in [0.5, 0.6) is 0 Å². The Hall–Kier alpha value is -2.95. The third-order valence-electron chi connectivity index (χ3n) is 2.92. The molecule has 3 aromatic rings. The Balaban J connectivity index is 2.24. The van der Waals surface area contributed by atoms with E-state index in [4.69, 9.17) is 9.52 Å². The number of carboxylic acids is 1. The quantitative estimate of drug-likeness (QED) is 0.771. The summed E-state index contributed by atoms with van der Waals surface area (Å²) in [6.07, 6.45) is 3.22. The van der Waals surface area contributed by atoms with Crippen molar-refractivity contribution in [2.75, 3.05) is 0 Å². The molecule has 0 aliphatic heterocycles. The third-order valence-corrected chi connectivity index (χ3v) is 2.92. The van der Waals surface area contributed by atoms with Crippen molar-refractivity contribution in [2.45, 2.75) is 0 Å². The molecule has 2 aromatic heterocycles. The first-order valence-electron chi connectivity index (χ1n) is 5.87. The van der Waals surface area contributed by atoms with Crippen LogP contribution >= 0.6 is 0 Å². The van der Waals surface area contributed by atoms with Crippen molar-refractivity contribution in [1.82, 2.24) is 4.98 Å². The van der Waals surface area contributed by atoms with Gasteiger partial charge in [-0.05, 0) is 30.3 Å². The zero-order valence-electron chi connectivity index (χ0n) is 10.2. The predicted octanol–water partition coefficient (Wildman–Crippen LogP) is 2.55. The van der Waals surface area contributed by atoms with Gasteiger partial charge in [0.15, 0.2) is 5.43 Å². The monoisotopic (exact) mass is 267 g/mol. The van der Waals surface area contributed by atoms with E-state index >= 15 is 0 Å². The number of nitrogens with zero attached hydrogens (tertiary/aromatic N) is 1. The summed E-state index contributed by atoms with van der Waals surface area (Å²) in [5, 5.41) is 9.17. The fourth-order valence-electron chi connectivity index (χ4n) is 1.94. The summed E-state index contributed by atoms with van der Waals surface area (Å²) in [5.41, 5.74) is 0.808. The topological polar surface area (TPSA) is 80.4 Å². The number of hydrogen-bond donors (Lipinski definition) is 1. The molecule has 3 rings (SSSR count). The van der Waals surface area contributed by atoms with Crippen molar-refractivity contribution >= 4 is 16.9 Å². The molecule has 2 heterocycles. The number of carboxylic acid groups (broad SMARTS) is 1. The van der Waals surface area contributed by atoms with Crippen LogP contribution in [0.1, 0.15) is 10.4 Å². The van der Waals surface area contributed by atoms with Crippen LogP contribution in [0, 0.1) is 0 Å². The summed E-state index contributed by atoms with van der Waals surface area (Å²) < 4.78 is 5.63. The second-order valence-electron chi connectivity index (χ2n) is 4.23. The number of benzene rings is 1. The normalized spacial score (nSPS) is 10.6. The zero-order valence-corrected chi connectivity index (χ0v) is 10.2. The SMILES string of the molecule is O=C(O)c1ccc2oc(-c3cccnc3)cc(=O)c2c1. The molecule has 0 spiro atoms. The molecule has 0 saturated heterocycles. The third kappa shape index (κ3) is 2.05. The van der Waals surface area contributed by atoms with Crippen LogP contribution in [0.2, 0.25) is 0 Å². The summed E-state index contributed by atoms with van der Waals surface area (Å²) >= 11 is 0. The Kier molecular flexibility index (Phi) is 2.80. The van der Waals surface area contributed by atoms with Crippen molar-refractivity contribution in [3.8, 4) is 11.3 Å². The minimum atomic E-state index is -1.08. The molecule has 0 aliphatic carbocycles. The number of rotatable bonds is 2. The van der Waals surface area contributed by atoms with Gasteiger partial charge in [0.25, 0.3) is 0 Å². The fourth-order valence-corrected chi connectivity index (χ4v) is 1.94. The number of aromatic nitrogens is 1. The van der Waals surface area contributed by atoms with E-state index in [9.17, 15) is 9.59 Å². The first kappa shape index (κ1) is 12.1. The Morgan fingerprint density at radius 3 is 2.75 bits per heavy atom. The average molecular weight is 267 g/mol. The molecule has 0 saturated carbocycles. The number of fused-ring (bicyclic) bond motifs is 1. The van der Waals surface area contributed by atoms with Gasteiger partial charge in [-0.2, -0.15) is 0 Å². The lowest BCUT2D eigenvalue weighted by molar-refractivity contribution is 0.0697. The molecule has 0 unspecified atom stereocenters. The highest BCUT2D eigenvalue weighted by atomic mass is 16.4. The van der Waals surface area contributed by atoms with Crippen LogP contribution in [-0.4, -0.2) is 16.1 Å². The molecule has 0 aliphatic rings. The summed E-state index contributed by atoms with van der Waals surface area (Å²) in [6.45, 7) is 0. The summed E-state index contributed by atoms with van der Waals surface area (Å²) in [7, 11) is 0. The lowest BCUT2D eigenvalue weighted by Gasteiger charge is -2.03.